The molecule has 0 spiro atoms. The molecule has 1 aliphatic carbocycles. The molecule has 1 aromatic carbocycles. The van der Waals surface area contributed by atoms with E-state index in [1.165, 1.54) is 6.20 Å². The molecule has 0 amide bonds. The number of halogens is 2. The highest BCUT2D eigenvalue weighted by Crippen LogP contribution is 2.34. The summed E-state index contributed by atoms with van der Waals surface area (Å²) in [5, 5.41) is 4.09. The molecule has 1 saturated carbocycles. The van der Waals surface area contributed by atoms with Crippen LogP contribution < -0.4 is 4.74 Å². The van der Waals surface area contributed by atoms with E-state index in [9.17, 15) is 13.6 Å². The van der Waals surface area contributed by atoms with Crippen LogP contribution in [0, 0.1) is 5.92 Å². The monoisotopic (exact) mass is 408 g/mol. The van der Waals surface area contributed by atoms with Gasteiger partial charge in [0.25, 0.3) is 5.88 Å². The first-order valence-corrected chi connectivity index (χ1v) is 9.89. The molecule has 0 aliphatic heterocycles. The topological polar surface area (TPSA) is 62.6 Å². The zero-order valence-electron chi connectivity index (χ0n) is 16.4. The van der Waals surface area contributed by atoms with E-state index >= 15 is 0 Å². The molecule has 0 atom stereocenters. The summed E-state index contributed by atoms with van der Waals surface area (Å²) in [5.74, 6) is -0.643. The van der Waals surface area contributed by atoms with Crippen LogP contribution in [0.25, 0.3) is 0 Å². The van der Waals surface area contributed by atoms with Gasteiger partial charge in [-0.15, -0.1) is 5.10 Å². The Bertz CT molecular complexity index is 774. The number of esters is 1. The first kappa shape index (κ1) is 21.2. The van der Waals surface area contributed by atoms with Gasteiger partial charge in [0.15, 0.2) is 0 Å². The number of aromatic nitrogens is 2. The van der Waals surface area contributed by atoms with E-state index in [1.54, 1.807) is 11.6 Å². The van der Waals surface area contributed by atoms with E-state index in [2.05, 4.69) is 9.84 Å². The number of hydrogen-bond donors (Lipinski definition) is 0. The van der Waals surface area contributed by atoms with Gasteiger partial charge < -0.3 is 14.2 Å². The van der Waals surface area contributed by atoms with Gasteiger partial charge in [-0.25, -0.2) is 4.79 Å². The van der Waals surface area contributed by atoms with Crippen molar-refractivity contribution in [1.82, 2.24) is 9.78 Å². The number of nitrogens with zero attached hydrogens (tertiary/aromatic N) is 2. The van der Waals surface area contributed by atoms with Gasteiger partial charge in [0, 0.05) is 12.8 Å². The van der Waals surface area contributed by atoms with Crippen LogP contribution in [0.5, 0.6) is 5.88 Å². The molecule has 3 rings (SSSR count). The fourth-order valence-corrected chi connectivity index (χ4v) is 3.58. The van der Waals surface area contributed by atoms with Crippen LogP contribution >= 0.6 is 0 Å². The third-order valence-corrected chi connectivity index (χ3v) is 5.05. The summed E-state index contributed by atoms with van der Waals surface area (Å²) in [7, 11) is 0. The van der Waals surface area contributed by atoms with Gasteiger partial charge in [0.1, 0.15) is 5.56 Å². The SMILES string of the molecule is CCOC(=O)c1cn([C@H]2CC[C@H](COCc3ccccc3)CC2)nc1OC(F)F. The van der Waals surface area contributed by atoms with Gasteiger partial charge in [-0.1, -0.05) is 30.3 Å². The second-order valence-electron chi connectivity index (χ2n) is 7.10. The van der Waals surface area contributed by atoms with E-state index in [1.807, 2.05) is 30.3 Å². The van der Waals surface area contributed by atoms with Crippen LogP contribution in [0.1, 0.15) is 54.6 Å². The molecule has 1 aliphatic rings. The minimum atomic E-state index is -3.05. The molecular weight excluding hydrogens is 382 g/mol. The lowest BCUT2D eigenvalue weighted by atomic mass is 9.86. The minimum absolute atomic E-state index is 0.0311. The summed E-state index contributed by atoms with van der Waals surface area (Å²) >= 11 is 0. The second kappa shape index (κ2) is 10.3. The average molecular weight is 408 g/mol. The highest BCUT2D eigenvalue weighted by atomic mass is 19.3. The van der Waals surface area contributed by atoms with Crippen molar-refractivity contribution in [3.8, 4) is 5.88 Å². The van der Waals surface area contributed by atoms with E-state index in [0.717, 1.165) is 31.2 Å². The standard InChI is InChI=1S/C21H26F2N2O4/c1-2-28-20(26)18-12-25(24-19(18)29-21(22)23)17-10-8-16(9-11-17)14-27-13-15-6-4-3-5-7-15/h3-7,12,16-17,21H,2,8-11,13-14H2,1H3/t16-,17-. The van der Waals surface area contributed by atoms with Crippen LogP contribution in [0.15, 0.2) is 36.5 Å². The van der Waals surface area contributed by atoms with Crippen molar-refractivity contribution in [2.45, 2.75) is 51.9 Å². The van der Waals surface area contributed by atoms with Crippen molar-refractivity contribution in [1.29, 1.82) is 0 Å². The Morgan fingerprint density at radius 1 is 1.21 bits per heavy atom. The molecule has 1 aromatic heterocycles. The zero-order chi connectivity index (χ0) is 20.6. The van der Waals surface area contributed by atoms with Gasteiger partial charge in [-0.05, 0) is 44.1 Å². The molecule has 1 fully saturated rings. The molecule has 0 saturated heterocycles. The second-order valence-corrected chi connectivity index (χ2v) is 7.10. The third-order valence-electron chi connectivity index (χ3n) is 5.05. The normalized spacial score (nSPS) is 19.3. The van der Waals surface area contributed by atoms with E-state index in [0.29, 0.717) is 19.1 Å². The number of benzene rings is 1. The van der Waals surface area contributed by atoms with Gasteiger partial charge in [-0.2, -0.15) is 8.78 Å². The Morgan fingerprint density at radius 2 is 1.93 bits per heavy atom. The smallest absolute Gasteiger partial charge is 0.388 e. The molecule has 0 bridgehead atoms. The van der Waals surface area contributed by atoms with Crippen molar-refractivity contribution in [2.24, 2.45) is 5.92 Å². The number of ether oxygens (including phenoxy) is 3. The maximum absolute atomic E-state index is 12.7. The summed E-state index contributed by atoms with van der Waals surface area (Å²) < 4.78 is 42.0. The van der Waals surface area contributed by atoms with Crippen LogP contribution in [-0.2, 0) is 16.1 Å². The number of rotatable bonds is 9. The molecule has 1 heterocycles. The quantitative estimate of drug-likeness (QED) is 0.567. The molecule has 0 N–H and O–H groups in total. The summed E-state index contributed by atoms with van der Waals surface area (Å²) in [4.78, 5) is 12.0. The Hall–Kier alpha value is -2.48. The van der Waals surface area contributed by atoms with Crippen molar-refractivity contribution < 1.29 is 27.8 Å². The maximum Gasteiger partial charge on any atom is 0.388 e. The summed E-state index contributed by atoms with van der Waals surface area (Å²) in [6.07, 6.45) is 5.00. The molecule has 0 radical (unpaired) electrons. The Labute approximate surface area is 168 Å². The fraction of sp³-hybridized carbons (Fsp3) is 0.524. The van der Waals surface area contributed by atoms with E-state index in [4.69, 9.17) is 9.47 Å². The van der Waals surface area contributed by atoms with Crippen LogP contribution in [0.4, 0.5) is 8.78 Å². The summed E-state index contributed by atoms with van der Waals surface area (Å²) in [5.41, 5.74) is 1.08. The maximum atomic E-state index is 12.7. The molecule has 6 nitrogen and oxygen atoms in total. The molecule has 2 aromatic rings. The van der Waals surface area contributed by atoms with Gasteiger partial charge in [-0.3, -0.25) is 4.68 Å². The first-order chi connectivity index (χ1) is 14.1. The molecule has 29 heavy (non-hydrogen) atoms. The summed E-state index contributed by atoms with van der Waals surface area (Å²) in [6, 6.07) is 10.1. The first-order valence-electron chi connectivity index (χ1n) is 9.89. The van der Waals surface area contributed by atoms with Crippen molar-refractivity contribution in [3.05, 3.63) is 47.7 Å². The molecular formula is C21H26F2N2O4. The fourth-order valence-electron chi connectivity index (χ4n) is 3.58. The van der Waals surface area contributed by atoms with E-state index < -0.39 is 12.6 Å². The third kappa shape index (κ3) is 6.00. The average Bonchev–Trinajstić information content (AvgIpc) is 3.13. The Kier molecular flexibility index (Phi) is 7.57. The zero-order valence-corrected chi connectivity index (χ0v) is 16.4. The number of hydrogen-bond acceptors (Lipinski definition) is 5. The van der Waals surface area contributed by atoms with Crippen LogP contribution in [-0.4, -0.2) is 35.6 Å². The predicted octanol–water partition coefficient (Wildman–Crippen LogP) is 4.61. The number of carbonyl (C=O) groups excluding carboxylic acids is 1. The number of carbonyl (C=O) groups is 1. The number of alkyl halides is 2. The van der Waals surface area contributed by atoms with Crippen molar-refractivity contribution >= 4 is 5.97 Å². The minimum Gasteiger partial charge on any atom is -0.462 e. The summed E-state index contributed by atoms with van der Waals surface area (Å²) in [6.45, 7) is 0.0266. The molecule has 8 heteroatoms. The highest BCUT2D eigenvalue weighted by molar-refractivity contribution is 5.91. The van der Waals surface area contributed by atoms with Gasteiger partial charge in [0.05, 0.1) is 19.3 Å². The molecule has 0 unspecified atom stereocenters. The largest absolute Gasteiger partial charge is 0.462 e. The van der Waals surface area contributed by atoms with Crippen LogP contribution in [0.2, 0.25) is 0 Å². The Balaban J connectivity index is 1.53. The molecule has 158 valence electrons. The lowest BCUT2D eigenvalue weighted by Crippen LogP contribution is -2.21. The van der Waals surface area contributed by atoms with Gasteiger partial charge >= 0.3 is 12.6 Å². The van der Waals surface area contributed by atoms with Crippen molar-refractivity contribution in [3.63, 3.8) is 0 Å². The Morgan fingerprint density at radius 3 is 2.59 bits per heavy atom. The predicted molar refractivity (Wildman–Crippen MR) is 102 cm³/mol. The lowest BCUT2D eigenvalue weighted by Gasteiger charge is -2.28. The van der Waals surface area contributed by atoms with Gasteiger partial charge in [0.2, 0.25) is 0 Å². The lowest BCUT2D eigenvalue weighted by molar-refractivity contribution is -0.0539. The van der Waals surface area contributed by atoms with E-state index in [-0.39, 0.29) is 24.1 Å². The highest BCUT2D eigenvalue weighted by Gasteiger charge is 2.27. The van der Waals surface area contributed by atoms with Crippen molar-refractivity contribution in [2.75, 3.05) is 13.2 Å². The van der Waals surface area contributed by atoms with Crippen LogP contribution in [0.3, 0.4) is 0 Å².